The Morgan fingerprint density at radius 1 is 1.15 bits per heavy atom. The van der Waals surface area contributed by atoms with Gasteiger partial charge in [-0.15, -0.1) is 11.3 Å². The van der Waals surface area contributed by atoms with Gasteiger partial charge >= 0.3 is 17.8 Å². The number of ether oxygens (including phenoxy) is 3. The molecule has 12 nitrogen and oxygen atoms in total. The minimum absolute atomic E-state index is 0.0111. The van der Waals surface area contributed by atoms with Crippen molar-refractivity contribution < 1.29 is 38.2 Å². The van der Waals surface area contributed by atoms with E-state index in [4.69, 9.17) is 14.2 Å². The Kier molecular flexibility index (Phi) is 7.43. The van der Waals surface area contributed by atoms with Crippen molar-refractivity contribution >= 4 is 46.0 Å². The van der Waals surface area contributed by atoms with Crippen LogP contribution in [-0.4, -0.2) is 67.5 Å². The molecular formula is C26H32N4O8S. The number of fused-ring (bicyclic) bond motifs is 1. The average Bonchev–Trinajstić information content (AvgIpc) is 3.52. The molecule has 0 aliphatic carbocycles. The fraction of sp³-hybridized carbons (Fsp3) is 0.538. The van der Waals surface area contributed by atoms with Gasteiger partial charge in [-0.3, -0.25) is 19.3 Å². The third-order valence-corrected chi connectivity index (χ3v) is 7.03. The summed E-state index contributed by atoms with van der Waals surface area (Å²) in [5, 5.41) is 2.90. The van der Waals surface area contributed by atoms with E-state index in [2.05, 4.69) is 10.3 Å². The lowest BCUT2D eigenvalue weighted by Gasteiger charge is -2.38. The Morgan fingerprint density at radius 2 is 1.85 bits per heavy atom. The van der Waals surface area contributed by atoms with Crippen LogP contribution in [0.15, 0.2) is 24.8 Å². The second-order valence-electron chi connectivity index (χ2n) is 11.5. The van der Waals surface area contributed by atoms with E-state index in [1.54, 1.807) is 58.4 Å². The number of esters is 2. The number of imide groups is 1. The first-order chi connectivity index (χ1) is 18.1. The molecule has 2 aliphatic rings. The first-order valence-electron chi connectivity index (χ1n) is 12.4. The zero-order valence-electron chi connectivity index (χ0n) is 22.7. The predicted molar refractivity (Wildman–Crippen MR) is 138 cm³/mol. The van der Waals surface area contributed by atoms with Crippen molar-refractivity contribution in [2.75, 3.05) is 11.9 Å². The fourth-order valence-electron chi connectivity index (χ4n) is 4.29. The highest BCUT2D eigenvalue weighted by Crippen LogP contribution is 2.39. The number of imidazole rings is 1. The van der Waals surface area contributed by atoms with Gasteiger partial charge in [0.15, 0.2) is 5.60 Å². The standard InChI is InChI=1S/C26H32N4O8S/c1-24(2,3)37-22(34)20(32)28-18-9-15-11-26(36-12-17(15)39-18,23(35)38-25(4,5)6)13-30-19(31)10-16(21(30)33)29-8-7-27-14-29/h7-9,14,16H,10-13H2,1-6H3,(H,28,32). The van der Waals surface area contributed by atoms with Crippen LogP contribution in [-0.2, 0) is 51.2 Å². The Hall–Kier alpha value is -3.58. The highest BCUT2D eigenvalue weighted by molar-refractivity contribution is 7.16. The largest absolute Gasteiger partial charge is 0.458 e. The Labute approximate surface area is 229 Å². The number of aromatic nitrogens is 2. The summed E-state index contributed by atoms with van der Waals surface area (Å²) in [7, 11) is 0. The fourth-order valence-corrected chi connectivity index (χ4v) is 5.28. The Balaban J connectivity index is 1.58. The second-order valence-corrected chi connectivity index (χ2v) is 12.7. The van der Waals surface area contributed by atoms with Crippen molar-refractivity contribution in [2.24, 2.45) is 0 Å². The molecule has 4 rings (SSSR count). The average molecular weight is 561 g/mol. The molecule has 3 amide bonds. The summed E-state index contributed by atoms with van der Waals surface area (Å²) in [4.78, 5) is 69.9. The summed E-state index contributed by atoms with van der Waals surface area (Å²) in [6.45, 7) is 9.74. The van der Waals surface area contributed by atoms with E-state index in [0.717, 1.165) is 9.78 Å². The molecule has 0 radical (unpaired) electrons. The summed E-state index contributed by atoms with van der Waals surface area (Å²) in [5.41, 5.74) is -2.68. The van der Waals surface area contributed by atoms with Gasteiger partial charge in [0.25, 0.3) is 5.91 Å². The molecule has 0 spiro atoms. The van der Waals surface area contributed by atoms with E-state index in [0.29, 0.717) is 10.6 Å². The molecule has 0 saturated carbocycles. The van der Waals surface area contributed by atoms with Gasteiger partial charge in [0, 0.05) is 23.7 Å². The molecule has 2 aromatic rings. The molecule has 2 aromatic heterocycles. The minimum atomic E-state index is -1.66. The van der Waals surface area contributed by atoms with E-state index < -0.39 is 52.5 Å². The van der Waals surface area contributed by atoms with Crippen molar-refractivity contribution in [3.05, 3.63) is 35.2 Å². The number of hydrogen-bond acceptors (Lipinski definition) is 10. The molecule has 39 heavy (non-hydrogen) atoms. The number of nitrogens with zero attached hydrogens (tertiary/aromatic N) is 3. The number of rotatable bonds is 5. The molecule has 1 fully saturated rings. The minimum Gasteiger partial charge on any atom is -0.458 e. The molecule has 13 heteroatoms. The van der Waals surface area contributed by atoms with Gasteiger partial charge in [-0.2, -0.15) is 0 Å². The van der Waals surface area contributed by atoms with Crippen LogP contribution in [0.2, 0.25) is 0 Å². The first-order valence-corrected chi connectivity index (χ1v) is 13.2. The highest BCUT2D eigenvalue weighted by Gasteiger charge is 2.52. The third-order valence-electron chi connectivity index (χ3n) is 5.96. The van der Waals surface area contributed by atoms with Crippen LogP contribution in [0.25, 0.3) is 0 Å². The maximum Gasteiger partial charge on any atom is 0.397 e. The monoisotopic (exact) mass is 560 g/mol. The molecule has 0 aromatic carbocycles. The lowest BCUT2D eigenvalue weighted by molar-refractivity contribution is -0.190. The second kappa shape index (κ2) is 10.2. The molecule has 2 atom stereocenters. The molecule has 210 valence electrons. The predicted octanol–water partition coefficient (Wildman–Crippen LogP) is 2.38. The van der Waals surface area contributed by atoms with E-state index >= 15 is 0 Å². The molecule has 1 N–H and O–H groups in total. The van der Waals surface area contributed by atoms with Crippen molar-refractivity contribution in [2.45, 2.75) is 83.8 Å². The van der Waals surface area contributed by atoms with Crippen LogP contribution in [0.3, 0.4) is 0 Å². The van der Waals surface area contributed by atoms with Crippen molar-refractivity contribution in [3.63, 3.8) is 0 Å². The summed E-state index contributed by atoms with van der Waals surface area (Å²) >= 11 is 1.19. The smallest absolute Gasteiger partial charge is 0.397 e. The topological polar surface area (TPSA) is 146 Å². The van der Waals surface area contributed by atoms with Crippen molar-refractivity contribution in [1.82, 2.24) is 14.5 Å². The van der Waals surface area contributed by atoms with Gasteiger partial charge in [0.05, 0.1) is 30.9 Å². The summed E-state index contributed by atoms with van der Waals surface area (Å²) < 4.78 is 18.4. The summed E-state index contributed by atoms with van der Waals surface area (Å²) in [5.74, 6) is -3.57. The normalized spacial score (nSPS) is 21.5. The van der Waals surface area contributed by atoms with Crippen LogP contribution in [0.5, 0.6) is 0 Å². The van der Waals surface area contributed by atoms with E-state index in [1.165, 1.54) is 23.9 Å². The van der Waals surface area contributed by atoms with Crippen molar-refractivity contribution in [1.29, 1.82) is 0 Å². The van der Waals surface area contributed by atoms with E-state index in [1.807, 2.05) is 0 Å². The molecule has 1 saturated heterocycles. The molecular weight excluding hydrogens is 528 g/mol. The van der Waals surface area contributed by atoms with Gasteiger partial charge in [-0.25, -0.2) is 14.6 Å². The lowest BCUT2D eigenvalue weighted by Crippen LogP contribution is -2.57. The lowest BCUT2D eigenvalue weighted by atomic mass is 9.91. The third kappa shape index (κ3) is 6.36. The number of likely N-dealkylation sites (tertiary alicyclic amines) is 1. The Morgan fingerprint density at radius 3 is 2.46 bits per heavy atom. The molecule has 4 heterocycles. The zero-order valence-corrected chi connectivity index (χ0v) is 23.5. The number of amides is 3. The quantitative estimate of drug-likeness (QED) is 0.331. The van der Waals surface area contributed by atoms with E-state index in [9.17, 15) is 24.0 Å². The highest BCUT2D eigenvalue weighted by atomic mass is 32.1. The zero-order chi connectivity index (χ0) is 28.8. The van der Waals surface area contributed by atoms with Gasteiger partial charge < -0.3 is 24.1 Å². The van der Waals surface area contributed by atoms with Crippen molar-refractivity contribution in [3.8, 4) is 0 Å². The van der Waals surface area contributed by atoms with Gasteiger partial charge in [0.1, 0.15) is 17.2 Å². The number of carbonyl (C=O) groups excluding carboxylic acids is 5. The number of nitrogens with one attached hydrogen (secondary N) is 1. The number of thiophene rings is 1. The van der Waals surface area contributed by atoms with Crippen LogP contribution in [0.4, 0.5) is 5.00 Å². The number of hydrogen-bond donors (Lipinski definition) is 1. The van der Waals surface area contributed by atoms with Crippen LogP contribution in [0, 0.1) is 0 Å². The molecule has 0 bridgehead atoms. The Bertz CT molecular complexity index is 1300. The number of anilines is 1. The van der Waals surface area contributed by atoms with Crippen LogP contribution in [0.1, 0.15) is 64.4 Å². The van der Waals surface area contributed by atoms with Gasteiger partial charge in [0.2, 0.25) is 5.91 Å². The van der Waals surface area contributed by atoms with Crippen LogP contribution < -0.4 is 5.32 Å². The molecule has 2 unspecified atom stereocenters. The van der Waals surface area contributed by atoms with Gasteiger partial charge in [-0.05, 0) is 53.2 Å². The maximum atomic E-state index is 13.5. The summed E-state index contributed by atoms with van der Waals surface area (Å²) in [6.07, 6.45) is 4.51. The number of carbonyl (C=O) groups is 5. The maximum absolute atomic E-state index is 13.5. The van der Waals surface area contributed by atoms with E-state index in [-0.39, 0.29) is 26.0 Å². The first kappa shape index (κ1) is 28.4. The van der Waals surface area contributed by atoms with Crippen LogP contribution >= 0.6 is 11.3 Å². The SMILES string of the molecule is CC(C)(C)OC(=O)C(=O)Nc1cc2c(s1)COC(CN1C(=O)CC(n3ccnc3)C1=O)(C(=O)OC(C)(C)C)C2. The summed E-state index contributed by atoms with van der Waals surface area (Å²) in [6, 6.07) is 0.886. The molecule has 2 aliphatic heterocycles. The van der Waals surface area contributed by atoms with Gasteiger partial charge in [-0.1, -0.05) is 0 Å².